The van der Waals surface area contributed by atoms with Crippen LogP contribution >= 0.6 is 61.1 Å². The van der Waals surface area contributed by atoms with Gasteiger partial charge in [0.05, 0.1) is 13.2 Å². The lowest BCUT2D eigenvalue weighted by Crippen LogP contribution is -2.11. The van der Waals surface area contributed by atoms with Crippen LogP contribution < -0.4 is 4.74 Å². The number of carbonyl (C=O) groups excluding carboxylic acids is 1. The average molecular weight is 652 g/mol. The van der Waals surface area contributed by atoms with E-state index in [-0.39, 0.29) is 11.8 Å². The van der Waals surface area contributed by atoms with Gasteiger partial charge in [-0.15, -0.1) is 0 Å². The van der Waals surface area contributed by atoms with Crippen molar-refractivity contribution in [3.8, 4) is 5.75 Å². The van der Waals surface area contributed by atoms with E-state index in [1.54, 1.807) is 6.08 Å². The third kappa shape index (κ3) is 5.11. The molecule has 2 aromatic rings. The monoisotopic (exact) mass is 651 g/mol. The molecule has 0 fully saturated rings. The summed E-state index contributed by atoms with van der Waals surface area (Å²) in [6, 6.07) is 11.4. The fraction of sp³-hybridized carbons (Fsp3) is 0.200. The Morgan fingerprint density at radius 3 is 2.44 bits per heavy atom. The van der Waals surface area contributed by atoms with Crippen molar-refractivity contribution in [3.05, 3.63) is 64.8 Å². The second-order valence-electron chi connectivity index (χ2n) is 5.99. The van der Waals surface area contributed by atoms with Gasteiger partial charge in [0, 0.05) is 10.0 Å². The van der Waals surface area contributed by atoms with E-state index in [0.717, 1.165) is 34.9 Å². The number of carbonyl (C=O) groups is 1. The van der Waals surface area contributed by atoms with Gasteiger partial charge >= 0.3 is 5.97 Å². The van der Waals surface area contributed by atoms with Crippen molar-refractivity contribution in [1.82, 2.24) is 0 Å². The van der Waals surface area contributed by atoms with Crippen LogP contribution in [-0.4, -0.2) is 18.0 Å². The average Bonchev–Trinajstić information content (AvgIpc) is 2.99. The van der Waals surface area contributed by atoms with Crippen LogP contribution in [0.5, 0.6) is 5.75 Å². The fourth-order valence-electron chi connectivity index (χ4n) is 2.34. The van der Waals surface area contributed by atoms with Crippen molar-refractivity contribution in [2.75, 3.05) is 0 Å². The molecular formula is C20H16BrI2NO3. The van der Waals surface area contributed by atoms with E-state index in [1.807, 2.05) is 36.4 Å². The first-order valence-electron chi connectivity index (χ1n) is 8.31. The maximum absolute atomic E-state index is 12.2. The number of hydrogen-bond acceptors (Lipinski definition) is 4. The highest BCUT2D eigenvalue weighted by molar-refractivity contribution is 14.1. The molecule has 0 N–H and O–H groups in total. The summed E-state index contributed by atoms with van der Waals surface area (Å²) < 4.78 is 14.3. The number of hydrogen-bond donors (Lipinski definition) is 0. The zero-order valence-corrected chi connectivity index (χ0v) is 20.5. The molecule has 1 unspecified atom stereocenters. The van der Waals surface area contributed by atoms with E-state index in [2.05, 4.69) is 80.0 Å². The molecule has 0 aliphatic carbocycles. The van der Waals surface area contributed by atoms with Crippen molar-refractivity contribution in [2.24, 2.45) is 4.99 Å². The van der Waals surface area contributed by atoms with E-state index >= 15 is 0 Å². The van der Waals surface area contributed by atoms with Gasteiger partial charge in [-0.3, -0.25) is 0 Å². The van der Waals surface area contributed by atoms with Crippen LogP contribution in [0.4, 0.5) is 0 Å². The number of benzene rings is 2. The Hall–Kier alpha value is -0.940. The molecule has 0 saturated heterocycles. The Balaban J connectivity index is 1.89. The lowest BCUT2D eigenvalue weighted by Gasteiger charge is -2.16. The molecule has 4 nitrogen and oxygen atoms in total. The van der Waals surface area contributed by atoms with E-state index in [1.165, 1.54) is 0 Å². The summed E-state index contributed by atoms with van der Waals surface area (Å²) in [6.45, 7) is 4.14. The molecule has 3 rings (SSSR count). The number of cyclic esters (lactones) is 1. The maximum Gasteiger partial charge on any atom is 0.363 e. The second kappa shape index (κ2) is 9.04. The highest BCUT2D eigenvalue weighted by atomic mass is 127. The first kappa shape index (κ1) is 20.8. The maximum atomic E-state index is 12.2. The summed E-state index contributed by atoms with van der Waals surface area (Å²) in [5.74, 6) is 0.749. The van der Waals surface area contributed by atoms with E-state index < -0.39 is 5.97 Å². The molecule has 1 aliphatic rings. The fourth-order valence-corrected chi connectivity index (χ4v) is 4.68. The van der Waals surface area contributed by atoms with Crippen LogP contribution in [0.2, 0.25) is 0 Å². The topological polar surface area (TPSA) is 47.9 Å². The number of rotatable bonds is 5. The minimum atomic E-state index is -0.446. The number of esters is 1. The van der Waals surface area contributed by atoms with E-state index in [0.29, 0.717) is 5.90 Å². The van der Waals surface area contributed by atoms with Gasteiger partial charge in [0.1, 0.15) is 5.75 Å². The molecule has 0 radical (unpaired) electrons. The summed E-state index contributed by atoms with van der Waals surface area (Å²) in [4.78, 5) is 16.6. The second-order valence-corrected chi connectivity index (χ2v) is 9.23. The highest BCUT2D eigenvalue weighted by Crippen LogP contribution is 2.31. The molecule has 0 amide bonds. The SMILES string of the molecule is CCC(C)Oc1c(I)cc(/C=C2\N=C(c3ccc(Br)cc3)OC2=O)cc1I. The normalized spacial score (nSPS) is 16.3. The van der Waals surface area contributed by atoms with Crippen LogP contribution in [0.15, 0.2) is 51.6 Å². The standard InChI is InChI=1S/C20H16BrI2NO3/c1-3-11(2)26-18-15(22)8-12(9-16(18)23)10-17-20(25)27-19(24-17)13-4-6-14(21)7-5-13/h4-11H,3H2,1-2H3/b17-10-. The number of ether oxygens (including phenoxy) is 2. The summed E-state index contributed by atoms with van der Waals surface area (Å²) in [7, 11) is 0. The molecule has 0 saturated carbocycles. The van der Waals surface area contributed by atoms with Crippen LogP contribution in [0.3, 0.4) is 0 Å². The van der Waals surface area contributed by atoms with Gasteiger partial charge in [0.2, 0.25) is 5.90 Å². The van der Waals surface area contributed by atoms with Crippen LogP contribution in [0, 0.1) is 7.14 Å². The van der Waals surface area contributed by atoms with Gasteiger partial charge in [0.15, 0.2) is 5.70 Å². The smallest absolute Gasteiger partial charge is 0.363 e. The van der Waals surface area contributed by atoms with Gasteiger partial charge in [-0.1, -0.05) is 22.9 Å². The quantitative estimate of drug-likeness (QED) is 0.221. The first-order chi connectivity index (χ1) is 12.9. The zero-order valence-electron chi connectivity index (χ0n) is 14.6. The van der Waals surface area contributed by atoms with Gasteiger partial charge < -0.3 is 9.47 Å². The molecule has 1 aliphatic heterocycles. The summed E-state index contributed by atoms with van der Waals surface area (Å²) in [5, 5.41) is 0. The predicted molar refractivity (Wildman–Crippen MR) is 127 cm³/mol. The zero-order chi connectivity index (χ0) is 19.6. The van der Waals surface area contributed by atoms with Crippen molar-refractivity contribution >= 4 is 79.1 Å². The van der Waals surface area contributed by atoms with Gasteiger partial charge in [-0.05, 0) is 107 Å². The summed E-state index contributed by atoms with van der Waals surface area (Å²) in [6.07, 6.45) is 2.84. The number of aliphatic imine (C=N–C) groups is 1. The third-order valence-corrected chi connectivity index (χ3v) is 6.06. The van der Waals surface area contributed by atoms with Crippen LogP contribution in [0.1, 0.15) is 31.4 Å². The van der Waals surface area contributed by atoms with E-state index in [4.69, 9.17) is 9.47 Å². The van der Waals surface area contributed by atoms with E-state index in [9.17, 15) is 4.79 Å². The minimum absolute atomic E-state index is 0.152. The molecule has 0 bridgehead atoms. The summed E-state index contributed by atoms with van der Waals surface area (Å²) in [5.41, 5.74) is 1.93. The lowest BCUT2D eigenvalue weighted by molar-refractivity contribution is -0.129. The molecule has 27 heavy (non-hydrogen) atoms. The highest BCUT2D eigenvalue weighted by Gasteiger charge is 2.24. The largest absolute Gasteiger partial charge is 0.489 e. The summed E-state index contributed by atoms with van der Waals surface area (Å²) >= 11 is 7.90. The minimum Gasteiger partial charge on any atom is -0.489 e. The van der Waals surface area contributed by atoms with Gasteiger partial charge in [-0.25, -0.2) is 9.79 Å². The van der Waals surface area contributed by atoms with Crippen molar-refractivity contribution in [2.45, 2.75) is 26.4 Å². The Kier molecular flexibility index (Phi) is 6.96. The van der Waals surface area contributed by atoms with Crippen LogP contribution in [-0.2, 0) is 9.53 Å². The lowest BCUT2D eigenvalue weighted by atomic mass is 10.2. The molecule has 0 spiro atoms. The Bertz CT molecular complexity index is 916. The third-order valence-electron chi connectivity index (χ3n) is 3.93. The Morgan fingerprint density at radius 1 is 1.22 bits per heavy atom. The van der Waals surface area contributed by atoms with Crippen molar-refractivity contribution in [3.63, 3.8) is 0 Å². The number of halogens is 3. The molecule has 140 valence electrons. The van der Waals surface area contributed by atoms with Gasteiger partial charge in [-0.2, -0.15) is 0 Å². The number of nitrogens with zero attached hydrogens (tertiary/aromatic N) is 1. The van der Waals surface area contributed by atoms with Crippen molar-refractivity contribution < 1.29 is 14.3 Å². The Labute approximate surface area is 193 Å². The van der Waals surface area contributed by atoms with Crippen molar-refractivity contribution in [1.29, 1.82) is 0 Å². The molecule has 2 aromatic carbocycles. The molecule has 1 atom stereocenters. The molecule has 7 heteroatoms. The Morgan fingerprint density at radius 2 is 1.85 bits per heavy atom. The molecule has 1 heterocycles. The predicted octanol–water partition coefficient (Wildman–Crippen LogP) is 6.18. The molecule has 0 aromatic heterocycles. The van der Waals surface area contributed by atoms with Crippen LogP contribution in [0.25, 0.3) is 6.08 Å². The molecular weight excluding hydrogens is 636 g/mol. The first-order valence-corrected chi connectivity index (χ1v) is 11.3. The van der Waals surface area contributed by atoms with Gasteiger partial charge in [0.25, 0.3) is 0 Å².